The summed E-state index contributed by atoms with van der Waals surface area (Å²) in [6.45, 7) is 0.698. The molecule has 0 radical (unpaired) electrons. The molecular formula is C10H19N3O2S. The van der Waals surface area contributed by atoms with Crippen molar-refractivity contribution in [1.29, 1.82) is 0 Å². The van der Waals surface area contributed by atoms with E-state index in [4.69, 9.17) is 5.73 Å². The summed E-state index contributed by atoms with van der Waals surface area (Å²) in [7, 11) is 1.74. The number of hydrogen-bond donors (Lipinski definition) is 2. The second-order valence-corrected chi connectivity index (χ2v) is 4.98. The molecule has 1 fully saturated rings. The number of likely N-dealkylation sites (tertiary alicyclic amines) is 1. The highest BCUT2D eigenvalue weighted by Gasteiger charge is 2.31. The van der Waals surface area contributed by atoms with E-state index in [2.05, 4.69) is 5.32 Å². The lowest BCUT2D eigenvalue weighted by molar-refractivity contribution is -0.132. The van der Waals surface area contributed by atoms with Crippen LogP contribution in [0.1, 0.15) is 12.8 Å². The zero-order valence-electron chi connectivity index (χ0n) is 9.73. The lowest BCUT2D eigenvalue weighted by Crippen LogP contribution is -2.48. The maximum absolute atomic E-state index is 11.6. The summed E-state index contributed by atoms with van der Waals surface area (Å²) >= 11 is 1.66. The van der Waals surface area contributed by atoms with Gasteiger partial charge in [-0.2, -0.15) is 11.8 Å². The van der Waals surface area contributed by atoms with Crippen molar-refractivity contribution in [2.24, 2.45) is 5.73 Å². The Hall–Kier alpha value is -0.750. The fraction of sp³-hybridized carbons (Fsp3) is 0.800. The molecule has 1 aliphatic rings. The normalized spacial score (nSPS) is 22.3. The average molecular weight is 245 g/mol. The van der Waals surface area contributed by atoms with E-state index in [1.54, 1.807) is 23.7 Å². The standard InChI is InChI=1S/C10H19N3O2S/c1-13-5-3-8(10(13)15)12-9(14)7(11)4-6-16-2/h7-8H,3-6,11H2,1-2H3,(H,12,14)/t7-,8?/m1/s1. The van der Waals surface area contributed by atoms with Crippen LogP contribution >= 0.6 is 11.8 Å². The molecule has 0 aromatic heterocycles. The summed E-state index contributed by atoms with van der Waals surface area (Å²) in [5, 5.41) is 2.70. The van der Waals surface area contributed by atoms with Crippen LogP contribution in [0.2, 0.25) is 0 Å². The van der Waals surface area contributed by atoms with Crippen LogP contribution in [-0.2, 0) is 9.59 Å². The van der Waals surface area contributed by atoms with Crippen LogP contribution in [0.5, 0.6) is 0 Å². The SMILES string of the molecule is CSCC[C@@H](N)C(=O)NC1CCN(C)C1=O. The number of rotatable bonds is 5. The van der Waals surface area contributed by atoms with Crippen molar-refractivity contribution in [1.82, 2.24) is 10.2 Å². The van der Waals surface area contributed by atoms with Gasteiger partial charge in [-0.25, -0.2) is 0 Å². The quantitative estimate of drug-likeness (QED) is 0.679. The van der Waals surface area contributed by atoms with Crippen molar-refractivity contribution in [3.05, 3.63) is 0 Å². The highest BCUT2D eigenvalue weighted by Crippen LogP contribution is 2.09. The number of nitrogens with two attached hydrogens (primary N) is 1. The molecule has 1 heterocycles. The molecule has 0 aromatic carbocycles. The molecule has 3 N–H and O–H groups in total. The van der Waals surface area contributed by atoms with Gasteiger partial charge in [0.2, 0.25) is 11.8 Å². The van der Waals surface area contributed by atoms with E-state index in [9.17, 15) is 9.59 Å². The molecule has 1 aliphatic heterocycles. The van der Waals surface area contributed by atoms with Gasteiger partial charge < -0.3 is 16.0 Å². The Labute approximate surface area is 100 Å². The molecule has 1 rings (SSSR count). The third-order valence-corrected chi connectivity index (χ3v) is 3.36. The molecule has 2 atom stereocenters. The summed E-state index contributed by atoms with van der Waals surface area (Å²) in [6, 6.07) is -0.885. The Morgan fingerprint density at radius 1 is 1.75 bits per heavy atom. The highest BCUT2D eigenvalue weighted by atomic mass is 32.2. The monoisotopic (exact) mass is 245 g/mol. The molecule has 5 nitrogen and oxygen atoms in total. The molecule has 16 heavy (non-hydrogen) atoms. The predicted molar refractivity (Wildman–Crippen MR) is 65.2 cm³/mol. The van der Waals surface area contributed by atoms with E-state index in [1.807, 2.05) is 6.26 Å². The summed E-state index contributed by atoms with van der Waals surface area (Å²) in [6.07, 6.45) is 3.29. The molecule has 6 heteroatoms. The zero-order chi connectivity index (χ0) is 12.1. The first-order chi connectivity index (χ1) is 7.56. The van der Waals surface area contributed by atoms with Crippen LogP contribution in [0.15, 0.2) is 0 Å². The maximum atomic E-state index is 11.6. The average Bonchev–Trinajstić information content (AvgIpc) is 2.57. The van der Waals surface area contributed by atoms with Crippen molar-refractivity contribution in [3.63, 3.8) is 0 Å². The highest BCUT2D eigenvalue weighted by molar-refractivity contribution is 7.98. The smallest absolute Gasteiger partial charge is 0.244 e. The Kier molecular flexibility index (Phi) is 5.08. The molecule has 0 bridgehead atoms. The van der Waals surface area contributed by atoms with Gasteiger partial charge in [-0.05, 0) is 24.9 Å². The third-order valence-electron chi connectivity index (χ3n) is 2.71. The largest absolute Gasteiger partial charge is 0.344 e. The van der Waals surface area contributed by atoms with Crippen molar-refractivity contribution >= 4 is 23.6 Å². The van der Waals surface area contributed by atoms with Crippen LogP contribution in [0, 0.1) is 0 Å². The summed E-state index contributed by atoms with van der Waals surface area (Å²) in [5.41, 5.74) is 5.71. The summed E-state index contributed by atoms with van der Waals surface area (Å²) in [4.78, 5) is 24.8. The minimum absolute atomic E-state index is 0.0228. The minimum atomic E-state index is -0.508. The molecule has 0 spiro atoms. The van der Waals surface area contributed by atoms with Gasteiger partial charge in [0.15, 0.2) is 0 Å². The number of carbonyl (C=O) groups is 2. The Morgan fingerprint density at radius 3 is 2.94 bits per heavy atom. The first kappa shape index (κ1) is 13.3. The molecule has 0 aliphatic carbocycles. The predicted octanol–water partition coefficient (Wildman–Crippen LogP) is -0.586. The number of thioether (sulfide) groups is 1. The van der Waals surface area contributed by atoms with Crippen molar-refractivity contribution in [2.45, 2.75) is 24.9 Å². The number of amides is 2. The first-order valence-electron chi connectivity index (χ1n) is 5.36. The van der Waals surface area contributed by atoms with Gasteiger partial charge in [0.05, 0.1) is 6.04 Å². The minimum Gasteiger partial charge on any atom is -0.344 e. The van der Waals surface area contributed by atoms with Gasteiger partial charge in [0.25, 0.3) is 0 Å². The summed E-state index contributed by atoms with van der Waals surface area (Å²) < 4.78 is 0. The number of nitrogens with zero attached hydrogens (tertiary/aromatic N) is 1. The van der Waals surface area contributed by atoms with Crippen LogP contribution in [-0.4, -0.2) is 54.4 Å². The van der Waals surface area contributed by atoms with Crippen LogP contribution in [0.25, 0.3) is 0 Å². The van der Waals surface area contributed by atoms with E-state index in [1.165, 1.54) is 0 Å². The van der Waals surface area contributed by atoms with Gasteiger partial charge in [-0.1, -0.05) is 0 Å². The molecule has 0 saturated carbocycles. The molecule has 2 amide bonds. The molecule has 1 saturated heterocycles. The number of carbonyl (C=O) groups excluding carboxylic acids is 2. The summed E-state index contributed by atoms with van der Waals surface area (Å²) in [5.74, 6) is 0.612. The van der Waals surface area contributed by atoms with E-state index in [0.717, 1.165) is 5.75 Å². The topological polar surface area (TPSA) is 75.4 Å². The third kappa shape index (κ3) is 3.38. The molecular weight excluding hydrogens is 226 g/mol. The second kappa shape index (κ2) is 6.10. The lowest BCUT2D eigenvalue weighted by Gasteiger charge is -2.15. The van der Waals surface area contributed by atoms with Crippen LogP contribution < -0.4 is 11.1 Å². The Morgan fingerprint density at radius 2 is 2.44 bits per heavy atom. The second-order valence-electron chi connectivity index (χ2n) is 4.00. The van der Waals surface area contributed by atoms with Crippen molar-refractivity contribution < 1.29 is 9.59 Å². The first-order valence-corrected chi connectivity index (χ1v) is 6.75. The van der Waals surface area contributed by atoms with Crippen molar-refractivity contribution in [3.8, 4) is 0 Å². The Bertz CT molecular complexity index is 273. The van der Waals surface area contributed by atoms with E-state index in [-0.39, 0.29) is 17.9 Å². The maximum Gasteiger partial charge on any atom is 0.244 e. The van der Waals surface area contributed by atoms with E-state index < -0.39 is 6.04 Å². The van der Waals surface area contributed by atoms with Crippen LogP contribution in [0.4, 0.5) is 0 Å². The fourth-order valence-electron chi connectivity index (χ4n) is 1.61. The van der Waals surface area contributed by atoms with Crippen molar-refractivity contribution in [2.75, 3.05) is 25.6 Å². The van der Waals surface area contributed by atoms with Gasteiger partial charge >= 0.3 is 0 Å². The van der Waals surface area contributed by atoms with E-state index in [0.29, 0.717) is 19.4 Å². The zero-order valence-corrected chi connectivity index (χ0v) is 10.5. The molecule has 92 valence electrons. The lowest BCUT2D eigenvalue weighted by atomic mass is 10.2. The number of likely N-dealkylation sites (N-methyl/N-ethyl adjacent to an activating group) is 1. The van der Waals surface area contributed by atoms with Gasteiger partial charge in [0.1, 0.15) is 6.04 Å². The van der Waals surface area contributed by atoms with Crippen LogP contribution in [0.3, 0.4) is 0 Å². The number of nitrogens with one attached hydrogen (secondary N) is 1. The molecule has 0 aromatic rings. The number of hydrogen-bond acceptors (Lipinski definition) is 4. The Balaban J connectivity index is 2.36. The van der Waals surface area contributed by atoms with E-state index >= 15 is 0 Å². The van der Waals surface area contributed by atoms with Gasteiger partial charge in [-0.3, -0.25) is 9.59 Å². The van der Waals surface area contributed by atoms with Gasteiger partial charge in [-0.15, -0.1) is 0 Å². The molecule has 1 unspecified atom stereocenters. The fourth-order valence-corrected chi connectivity index (χ4v) is 2.10. The van der Waals surface area contributed by atoms with Gasteiger partial charge in [0, 0.05) is 13.6 Å².